The van der Waals surface area contributed by atoms with E-state index in [1.807, 2.05) is 37.3 Å². The number of amides is 1. The Kier molecular flexibility index (Phi) is 5.07. The molecule has 0 N–H and O–H groups in total. The zero-order valence-electron chi connectivity index (χ0n) is 12.8. The molecule has 1 aromatic heterocycles. The second-order valence-corrected chi connectivity index (χ2v) is 7.08. The van der Waals surface area contributed by atoms with Gasteiger partial charge in [-0.25, -0.2) is 0 Å². The van der Waals surface area contributed by atoms with Crippen LogP contribution < -0.4 is 0 Å². The summed E-state index contributed by atoms with van der Waals surface area (Å²) in [5.74, 6) is 1.23. The summed E-state index contributed by atoms with van der Waals surface area (Å²) in [6.45, 7) is 2.61. The quantitative estimate of drug-likeness (QED) is 0.747. The first-order chi connectivity index (χ1) is 11.2. The largest absolute Gasteiger partial charge is 0.421 e. The maximum atomic E-state index is 12.1. The van der Waals surface area contributed by atoms with Gasteiger partial charge in [0, 0.05) is 18.5 Å². The van der Waals surface area contributed by atoms with E-state index in [-0.39, 0.29) is 11.2 Å². The number of carbonyl (C=O) groups excluding carboxylic acids is 1. The normalized spacial score (nSPS) is 18.0. The van der Waals surface area contributed by atoms with E-state index in [9.17, 15) is 4.79 Å². The molecule has 1 unspecified atom stereocenters. The van der Waals surface area contributed by atoms with Crippen molar-refractivity contribution in [1.29, 1.82) is 0 Å². The highest BCUT2D eigenvalue weighted by Gasteiger charge is 2.35. The number of aromatic nitrogens is 2. The Hall–Kier alpha value is -1.73. The van der Waals surface area contributed by atoms with Gasteiger partial charge in [-0.3, -0.25) is 9.69 Å². The Labute approximate surface area is 144 Å². The van der Waals surface area contributed by atoms with E-state index < -0.39 is 0 Å². The van der Waals surface area contributed by atoms with Crippen LogP contribution >= 0.6 is 24.0 Å². The Morgan fingerprint density at radius 3 is 2.78 bits per heavy atom. The Morgan fingerprint density at radius 1 is 1.30 bits per heavy atom. The molecule has 1 aromatic carbocycles. The van der Waals surface area contributed by atoms with Gasteiger partial charge in [0.05, 0.1) is 5.25 Å². The predicted octanol–water partition coefficient (Wildman–Crippen LogP) is 3.31. The van der Waals surface area contributed by atoms with E-state index in [1.165, 1.54) is 11.8 Å². The van der Waals surface area contributed by atoms with Gasteiger partial charge in [0.25, 0.3) is 0 Å². The second kappa shape index (κ2) is 7.23. The Morgan fingerprint density at radius 2 is 2.09 bits per heavy atom. The molecule has 0 saturated carbocycles. The van der Waals surface area contributed by atoms with E-state index in [1.54, 1.807) is 4.90 Å². The molecule has 23 heavy (non-hydrogen) atoms. The fourth-order valence-corrected chi connectivity index (χ4v) is 3.88. The maximum Gasteiger partial charge on any atom is 0.247 e. The minimum Gasteiger partial charge on any atom is -0.421 e. The Balaban J connectivity index is 1.55. The Bertz CT molecular complexity index is 702. The average molecular weight is 347 g/mol. The molecule has 2 aromatic rings. The monoisotopic (exact) mass is 347 g/mol. The zero-order valence-corrected chi connectivity index (χ0v) is 14.4. The van der Waals surface area contributed by atoms with Gasteiger partial charge >= 0.3 is 0 Å². The van der Waals surface area contributed by atoms with Crippen molar-refractivity contribution >= 4 is 34.2 Å². The number of aryl methyl sites for hydroxylation is 1. The summed E-state index contributed by atoms with van der Waals surface area (Å²) in [6.07, 6.45) is 2.19. The van der Waals surface area contributed by atoms with E-state index in [2.05, 4.69) is 10.2 Å². The SMILES string of the molecule is CCC1SC(=S)N(CCCc2nnc(-c3ccccc3)o2)C1=O. The van der Waals surface area contributed by atoms with Crippen LogP contribution in [0.3, 0.4) is 0 Å². The number of thiocarbonyl (C=S) groups is 1. The number of hydrogen-bond acceptors (Lipinski definition) is 6. The molecular weight excluding hydrogens is 330 g/mol. The van der Waals surface area contributed by atoms with E-state index in [4.69, 9.17) is 16.6 Å². The summed E-state index contributed by atoms with van der Waals surface area (Å²) in [5, 5.41) is 8.11. The first-order valence-corrected chi connectivity index (χ1v) is 8.87. The highest BCUT2D eigenvalue weighted by molar-refractivity contribution is 8.24. The lowest BCUT2D eigenvalue weighted by Gasteiger charge is -2.14. The summed E-state index contributed by atoms with van der Waals surface area (Å²) in [4.78, 5) is 13.8. The third-order valence-electron chi connectivity index (χ3n) is 3.64. The molecular formula is C16H17N3O2S2. The van der Waals surface area contributed by atoms with E-state index >= 15 is 0 Å². The van der Waals surface area contributed by atoms with Crippen molar-refractivity contribution in [3.63, 3.8) is 0 Å². The summed E-state index contributed by atoms with van der Waals surface area (Å²) in [5.41, 5.74) is 0.907. The third-order valence-corrected chi connectivity index (χ3v) is 5.39. The molecule has 0 radical (unpaired) electrons. The van der Waals surface area contributed by atoms with E-state index in [0.717, 1.165) is 18.4 Å². The second-order valence-electron chi connectivity index (χ2n) is 5.24. The fraction of sp³-hybridized carbons (Fsp3) is 0.375. The van der Waals surface area contributed by atoms with Crippen molar-refractivity contribution in [3.8, 4) is 11.5 Å². The predicted molar refractivity (Wildman–Crippen MR) is 94.0 cm³/mol. The molecule has 7 heteroatoms. The summed E-state index contributed by atoms with van der Waals surface area (Å²) in [6, 6.07) is 9.67. The van der Waals surface area contributed by atoms with Crippen molar-refractivity contribution in [2.45, 2.75) is 31.4 Å². The lowest BCUT2D eigenvalue weighted by atomic mass is 10.2. The number of hydrogen-bond donors (Lipinski definition) is 0. The van der Waals surface area contributed by atoms with Gasteiger partial charge in [-0.1, -0.05) is 49.1 Å². The number of benzene rings is 1. The van der Waals surface area contributed by atoms with Crippen molar-refractivity contribution < 1.29 is 9.21 Å². The van der Waals surface area contributed by atoms with Gasteiger partial charge in [-0.05, 0) is 25.0 Å². The molecule has 120 valence electrons. The molecule has 1 aliphatic heterocycles. The first-order valence-electron chi connectivity index (χ1n) is 7.59. The van der Waals surface area contributed by atoms with Crippen LogP contribution in [0.25, 0.3) is 11.5 Å². The van der Waals surface area contributed by atoms with E-state index in [0.29, 0.717) is 29.1 Å². The number of carbonyl (C=O) groups is 1. The molecule has 0 aliphatic carbocycles. The maximum absolute atomic E-state index is 12.1. The molecule has 5 nitrogen and oxygen atoms in total. The van der Waals surface area contributed by atoms with Crippen LogP contribution in [0, 0.1) is 0 Å². The zero-order chi connectivity index (χ0) is 16.2. The van der Waals surface area contributed by atoms with Crippen LogP contribution in [-0.2, 0) is 11.2 Å². The minimum absolute atomic E-state index is 0.0180. The summed E-state index contributed by atoms with van der Waals surface area (Å²) >= 11 is 6.76. The van der Waals surface area contributed by atoms with Crippen LogP contribution in [0.5, 0.6) is 0 Å². The molecule has 3 rings (SSSR count). The van der Waals surface area contributed by atoms with Crippen LogP contribution in [0.4, 0.5) is 0 Å². The molecule has 0 bridgehead atoms. The molecule has 0 spiro atoms. The summed E-state index contributed by atoms with van der Waals surface area (Å²) in [7, 11) is 0. The molecule has 1 amide bonds. The number of rotatable bonds is 6. The molecule has 2 heterocycles. The van der Waals surface area contributed by atoms with Crippen molar-refractivity contribution in [2.75, 3.05) is 6.54 Å². The highest BCUT2D eigenvalue weighted by Crippen LogP contribution is 2.29. The lowest BCUT2D eigenvalue weighted by Crippen LogP contribution is -2.32. The van der Waals surface area contributed by atoms with Crippen molar-refractivity contribution in [2.24, 2.45) is 0 Å². The van der Waals surface area contributed by atoms with Crippen LogP contribution in [0.1, 0.15) is 25.7 Å². The van der Waals surface area contributed by atoms with Gasteiger partial charge in [-0.2, -0.15) is 0 Å². The van der Waals surface area contributed by atoms with Crippen LogP contribution in [0.2, 0.25) is 0 Å². The van der Waals surface area contributed by atoms with Gasteiger partial charge in [0.1, 0.15) is 4.32 Å². The number of nitrogens with zero attached hydrogens (tertiary/aromatic N) is 3. The van der Waals surface area contributed by atoms with Crippen molar-refractivity contribution in [1.82, 2.24) is 15.1 Å². The third kappa shape index (κ3) is 3.61. The smallest absolute Gasteiger partial charge is 0.247 e. The standard InChI is InChI=1S/C16H17N3O2S2/c1-2-12-15(20)19(16(22)23-12)10-6-9-13-17-18-14(21-13)11-7-4-3-5-8-11/h3-5,7-8,12H,2,6,9-10H2,1H3. The lowest BCUT2D eigenvalue weighted by molar-refractivity contribution is -0.126. The molecule has 1 fully saturated rings. The first kappa shape index (κ1) is 16.1. The molecule has 1 saturated heterocycles. The number of thioether (sulfide) groups is 1. The van der Waals surface area contributed by atoms with Crippen molar-refractivity contribution in [3.05, 3.63) is 36.2 Å². The van der Waals surface area contributed by atoms with Gasteiger partial charge in [-0.15, -0.1) is 10.2 Å². The molecule has 1 aliphatic rings. The highest BCUT2D eigenvalue weighted by atomic mass is 32.2. The molecule has 1 atom stereocenters. The van der Waals surface area contributed by atoms with Crippen LogP contribution in [-0.4, -0.2) is 37.1 Å². The summed E-state index contributed by atoms with van der Waals surface area (Å²) < 4.78 is 6.34. The minimum atomic E-state index is -0.0180. The fourth-order valence-electron chi connectivity index (χ4n) is 2.40. The van der Waals surface area contributed by atoms with Crippen LogP contribution in [0.15, 0.2) is 34.7 Å². The topological polar surface area (TPSA) is 59.2 Å². The van der Waals surface area contributed by atoms with Gasteiger partial charge < -0.3 is 4.42 Å². The van der Waals surface area contributed by atoms with Gasteiger partial charge in [0.15, 0.2) is 0 Å². The average Bonchev–Trinajstić information content (AvgIpc) is 3.15. The van der Waals surface area contributed by atoms with Gasteiger partial charge in [0.2, 0.25) is 17.7 Å².